The summed E-state index contributed by atoms with van der Waals surface area (Å²) < 4.78 is 7.61. The van der Waals surface area contributed by atoms with E-state index in [0.29, 0.717) is 24.6 Å². The summed E-state index contributed by atoms with van der Waals surface area (Å²) >= 11 is 1.63. The second-order valence-corrected chi connectivity index (χ2v) is 8.83. The Kier molecular flexibility index (Phi) is 4.11. The highest BCUT2D eigenvalue weighted by Gasteiger charge is 2.31. The second kappa shape index (κ2) is 6.57. The van der Waals surface area contributed by atoms with E-state index >= 15 is 0 Å². The molecule has 0 saturated carbocycles. The first kappa shape index (κ1) is 18.1. The number of carbonyl (C=O) groups excluding carboxylic acids is 1. The predicted octanol–water partition coefficient (Wildman–Crippen LogP) is 2.82. The van der Waals surface area contributed by atoms with Crippen molar-refractivity contribution in [1.29, 1.82) is 0 Å². The number of aromatic nitrogens is 5. The minimum absolute atomic E-state index is 0.129. The molecule has 29 heavy (non-hydrogen) atoms. The molecule has 0 fully saturated rings. The van der Waals surface area contributed by atoms with Gasteiger partial charge >= 0.3 is 0 Å². The average molecular weight is 408 g/mol. The number of nitrogens with one attached hydrogen (secondary N) is 1. The third kappa shape index (κ3) is 3.16. The minimum atomic E-state index is -0.334. The quantitative estimate of drug-likeness (QED) is 0.560. The fraction of sp³-hybridized carbons (Fsp3) is 0.350. The van der Waals surface area contributed by atoms with Crippen molar-refractivity contribution >= 4 is 33.1 Å². The van der Waals surface area contributed by atoms with Crippen LogP contribution in [0.15, 0.2) is 24.4 Å². The Hall–Kier alpha value is -2.91. The Bertz CT molecular complexity index is 1240. The molecule has 0 atom stereocenters. The number of nitrogens with zero attached hydrogens (tertiary/aromatic N) is 5. The summed E-state index contributed by atoms with van der Waals surface area (Å²) in [6.45, 7) is 6.92. The van der Waals surface area contributed by atoms with Crippen LogP contribution in [-0.2, 0) is 24.3 Å². The van der Waals surface area contributed by atoms with Gasteiger partial charge in [-0.2, -0.15) is 4.52 Å². The van der Waals surface area contributed by atoms with Crippen molar-refractivity contribution in [2.45, 2.75) is 45.9 Å². The van der Waals surface area contributed by atoms with Crippen LogP contribution >= 0.6 is 11.3 Å². The summed E-state index contributed by atoms with van der Waals surface area (Å²) in [5, 5.41) is 8.23. The first-order valence-electron chi connectivity index (χ1n) is 9.41. The lowest BCUT2D eigenvalue weighted by Crippen LogP contribution is -2.31. The fourth-order valence-corrected chi connectivity index (χ4v) is 4.73. The Morgan fingerprint density at radius 3 is 3.00 bits per heavy atom. The summed E-state index contributed by atoms with van der Waals surface area (Å²) in [5.74, 6) is 0.492. The molecule has 0 radical (unpaired) electrons. The first-order valence-corrected chi connectivity index (χ1v) is 10.2. The summed E-state index contributed by atoms with van der Waals surface area (Å²) in [6, 6.07) is 5.58. The normalized spacial score (nSPS) is 15.6. The van der Waals surface area contributed by atoms with Gasteiger partial charge in [0.25, 0.3) is 5.91 Å². The second-order valence-electron chi connectivity index (χ2n) is 7.74. The van der Waals surface area contributed by atoms with Gasteiger partial charge in [-0.25, -0.2) is 9.97 Å². The van der Waals surface area contributed by atoms with E-state index in [1.807, 2.05) is 25.1 Å². The molecule has 1 aliphatic heterocycles. The van der Waals surface area contributed by atoms with Gasteiger partial charge in [-0.1, -0.05) is 6.07 Å². The first-order chi connectivity index (χ1) is 13.9. The van der Waals surface area contributed by atoms with E-state index in [-0.39, 0.29) is 17.3 Å². The van der Waals surface area contributed by atoms with Crippen LogP contribution in [0.3, 0.4) is 0 Å². The summed E-state index contributed by atoms with van der Waals surface area (Å²) in [7, 11) is 0. The van der Waals surface area contributed by atoms with Crippen molar-refractivity contribution < 1.29 is 9.53 Å². The van der Waals surface area contributed by atoms with Crippen LogP contribution in [0, 0.1) is 6.92 Å². The van der Waals surface area contributed by atoms with E-state index in [1.165, 1.54) is 10.4 Å². The number of amides is 1. The van der Waals surface area contributed by atoms with Gasteiger partial charge < -0.3 is 10.1 Å². The number of fused-ring (bicyclic) bond motifs is 5. The standard InChI is InChI=1S/C20H20N6O2S/c1-11-23-19-15(13-8-20(2,3)28-10-14(13)29-19)17-24-16(25-26(11)17)18(27)22-9-12-6-4-5-7-21-12/h4-7H,8-10H2,1-3H3,(H,22,27). The largest absolute Gasteiger partial charge is 0.370 e. The zero-order valence-electron chi connectivity index (χ0n) is 16.4. The van der Waals surface area contributed by atoms with Crippen molar-refractivity contribution in [2.24, 2.45) is 0 Å². The molecule has 148 valence electrons. The summed E-state index contributed by atoms with van der Waals surface area (Å²) in [5.41, 5.74) is 2.41. The van der Waals surface area contributed by atoms with Crippen LogP contribution in [0.5, 0.6) is 0 Å². The zero-order chi connectivity index (χ0) is 20.2. The summed E-state index contributed by atoms with van der Waals surface area (Å²) in [4.78, 5) is 28.2. The van der Waals surface area contributed by atoms with Crippen LogP contribution < -0.4 is 5.32 Å². The third-order valence-corrected chi connectivity index (χ3v) is 6.13. The van der Waals surface area contributed by atoms with Crippen molar-refractivity contribution in [3.8, 4) is 0 Å². The molecule has 4 aromatic rings. The fourth-order valence-electron chi connectivity index (χ4n) is 3.59. The van der Waals surface area contributed by atoms with Crippen LogP contribution in [0.1, 0.15) is 46.4 Å². The summed E-state index contributed by atoms with van der Waals surface area (Å²) in [6.07, 6.45) is 2.47. The van der Waals surface area contributed by atoms with Crippen molar-refractivity contribution in [1.82, 2.24) is 29.9 Å². The Morgan fingerprint density at radius 1 is 1.34 bits per heavy atom. The number of hydrogen-bond donors (Lipinski definition) is 1. The highest BCUT2D eigenvalue weighted by Crippen LogP contribution is 2.39. The Morgan fingerprint density at radius 2 is 2.21 bits per heavy atom. The maximum absolute atomic E-state index is 12.7. The lowest BCUT2D eigenvalue weighted by atomic mass is 9.94. The van der Waals surface area contributed by atoms with Gasteiger partial charge in [0.1, 0.15) is 10.7 Å². The molecule has 1 amide bonds. The molecule has 5 rings (SSSR count). The van der Waals surface area contributed by atoms with Crippen LogP contribution in [0.2, 0.25) is 0 Å². The molecule has 1 N–H and O–H groups in total. The van der Waals surface area contributed by atoms with Crippen molar-refractivity contribution in [3.05, 3.63) is 52.2 Å². The lowest BCUT2D eigenvalue weighted by Gasteiger charge is -2.30. The number of pyridine rings is 1. The van der Waals surface area contributed by atoms with Gasteiger partial charge in [0.15, 0.2) is 5.65 Å². The topological polar surface area (TPSA) is 94.3 Å². The molecule has 0 bridgehead atoms. The van der Waals surface area contributed by atoms with Crippen LogP contribution in [0.25, 0.3) is 15.9 Å². The van der Waals surface area contributed by atoms with Gasteiger partial charge in [-0.3, -0.25) is 9.78 Å². The molecule has 1 aliphatic rings. The van der Waals surface area contributed by atoms with Gasteiger partial charge in [0, 0.05) is 17.5 Å². The Balaban J connectivity index is 1.55. The lowest BCUT2D eigenvalue weighted by molar-refractivity contribution is -0.0379. The SMILES string of the molecule is Cc1nc2sc3c(c2c2nc(C(=O)NCc4ccccn4)nn12)CC(C)(C)OC3. The molecule has 0 unspecified atom stereocenters. The molecule has 5 heterocycles. The average Bonchev–Trinajstić information content (AvgIpc) is 3.28. The third-order valence-electron chi connectivity index (χ3n) is 5.03. The molecule has 4 aromatic heterocycles. The van der Waals surface area contributed by atoms with E-state index < -0.39 is 0 Å². The Labute approximate surface area is 171 Å². The molecular formula is C20H20N6O2S. The van der Waals surface area contributed by atoms with Crippen LogP contribution in [-0.4, -0.2) is 36.1 Å². The number of thiophene rings is 1. The number of rotatable bonds is 3. The van der Waals surface area contributed by atoms with Gasteiger partial charge in [0.05, 0.1) is 29.8 Å². The number of hydrogen-bond acceptors (Lipinski definition) is 7. The highest BCUT2D eigenvalue weighted by atomic mass is 32.1. The van der Waals surface area contributed by atoms with E-state index in [1.54, 1.807) is 22.0 Å². The monoisotopic (exact) mass is 408 g/mol. The molecule has 0 aromatic carbocycles. The maximum Gasteiger partial charge on any atom is 0.291 e. The molecule has 8 nitrogen and oxygen atoms in total. The molecule has 9 heteroatoms. The van der Waals surface area contributed by atoms with E-state index in [2.05, 4.69) is 34.2 Å². The molecule has 0 aliphatic carbocycles. The number of ether oxygens (including phenoxy) is 1. The smallest absolute Gasteiger partial charge is 0.291 e. The van der Waals surface area contributed by atoms with Crippen molar-refractivity contribution in [2.75, 3.05) is 0 Å². The number of aryl methyl sites for hydroxylation is 1. The maximum atomic E-state index is 12.7. The van der Waals surface area contributed by atoms with Crippen molar-refractivity contribution in [3.63, 3.8) is 0 Å². The number of carbonyl (C=O) groups is 1. The highest BCUT2D eigenvalue weighted by molar-refractivity contribution is 7.19. The van der Waals surface area contributed by atoms with Gasteiger partial charge in [-0.05, 0) is 38.5 Å². The van der Waals surface area contributed by atoms with E-state index in [0.717, 1.165) is 22.3 Å². The van der Waals surface area contributed by atoms with Crippen LogP contribution in [0.4, 0.5) is 0 Å². The van der Waals surface area contributed by atoms with E-state index in [4.69, 9.17) is 9.72 Å². The minimum Gasteiger partial charge on any atom is -0.370 e. The van der Waals surface area contributed by atoms with Gasteiger partial charge in [0.2, 0.25) is 5.82 Å². The van der Waals surface area contributed by atoms with Gasteiger partial charge in [-0.15, -0.1) is 16.4 Å². The molecular weight excluding hydrogens is 388 g/mol. The predicted molar refractivity (Wildman–Crippen MR) is 109 cm³/mol. The molecule has 0 spiro atoms. The van der Waals surface area contributed by atoms with E-state index in [9.17, 15) is 4.79 Å². The zero-order valence-corrected chi connectivity index (χ0v) is 17.2. The molecule has 0 saturated heterocycles.